The van der Waals surface area contributed by atoms with Crippen molar-refractivity contribution in [3.63, 3.8) is 0 Å². The van der Waals surface area contributed by atoms with Crippen LogP contribution < -0.4 is 11.1 Å². The Kier molecular flexibility index (Phi) is 5.27. The number of hydrogen-bond acceptors (Lipinski definition) is 2. The van der Waals surface area contributed by atoms with Gasteiger partial charge in [0.2, 0.25) is 5.91 Å². The summed E-state index contributed by atoms with van der Waals surface area (Å²) in [5, 5.41) is 3.02. The van der Waals surface area contributed by atoms with Gasteiger partial charge in [-0.1, -0.05) is 27.7 Å². The van der Waals surface area contributed by atoms with Crippen LogP contribution in [0.1, 0.15) is 47.0 Å². The zero-order valence-corrected chi connectivity index (χ0v) is 11.6. The van der Waals surface area contributed by atoms with Crippen LogP contribution in [0.15, 0.2) is 0 Å². The van der Waals surface area contributed by atoms with Crippen LogP contribution in [0, 0.1) is 10.8 Å². The Morgan fingerprint density at radius 1 is 1.25 bits per heavy atom. The fourth-order valence-electron chi connectivity index (χ4n) is 3.23. The van der Waals surface area contributed by atoms with E-state index in [2.05, 4.69) is 33.0 Å². The van der Waals surface area contributed by atoms with Crippen LogP contribution in [0.3, 0.4) is 0 Å². The highest BCUT2D eigenvalue weighted by molar-refractivity contribution is 5.85. The van der Waals surface area contributed by atoms with Gasteiger partial charge in [0.05, 0.1) is 6.54 Å². The van der Waals surface area contributed by atoms with E-state index in [0.717, 1.165) is 12.8 Å². The van der Waals surface area contributed by atoms with E-state index in [1.165, 1.54) is 6.42 Å². The first-order valence-electron chi connectivity index (χ1n) is 5.74. The second-order valence-corrected chi connectivity index (χ2v) is 6.38. The number of carbonyl (C=O) groups excluding carboxylic acids is 1. The molecule has 0 aliphatic heterocycles. The maximum Gasteiger partial charge on any atom is 0.233 e. The number of rotatable bonds is 2. The minimum absolute atomic E-state index is 0. The minimum Gasteiger partial charge on any atom is -0.352 e. The zero-order chi connectivity index (χ0) is 11.7. The molecular weight excluding hydrogens is 224 g/mol. The van der Waals surface area contributed by atoms with Gasteiger partial charge in [0.25, 0.3) is 0 Å². The van der Waals surface area contributed by atoms with Gasteiger partial charge in [-0.3, -0.25) is 4.79 Å². The molecule has 96 valence electrons. The Labute approximate surface area is 105 Å². The Hall–Kier alpha value is -0.280. The second kappa shape index (κ2) is 5.37. The molecule has 0 unspecified atom stereocenters. The standard InChI is InChI=1S/C12H24N2O.ClH/c1-11(2)5-9(14-10(15)7-13)6-12(3,4)8-11;/h9H,5-8,13H2,1-4H3,(H,14,15);1H. The lowest BCUT2D eigenvalue weighted by molar-refractivity contribution is -0.121. The van der Waals surface area contributed by atoms with Crippen molar-refractivity contribution >= 4 is 18.3 Å². The first-order chi connectivity index (χ1) is 6.74. The molecule has 16 heavy (non-hydrogen) atoms. The molecule has 1 aliphatic rings. The van der Waals surface area contributed by atoms with Crippen molar-refractivity contribution in [2.24, 2.45) is 16.6 Å². The van der Waals surface area contributed by atoms with Gasteiger partial charge < -0.3 is 11.1 Å². The van der Waals surface area contributed by atoms with Crippen LogP contribution in [0.4, 0.5) is 0 Å². The molecule has 3 nitrogen and oxygen atoms in total. The molecule has 0 bridgehead atoms. The van der Waals surface area contributed by atoms with E-state index in [1.807, 2.05) is 0 Å². The molecule has 0 radical (unpaired) electrons. The first kappa shape index (κ1) is 15.7. The van der Waals surface area contributed by atoms with Crippen LogP contribution >= 0.6 is 12.4 Å². The van der Waals surface area contributed by atoms with Gasteiger partial charge in [0.1, 0.15) is 0 Å². The maximum atomic E-state index is 11.3. The van der Waals surface area contributed by atoms with Crippen molar-refractivity contribution in [2.75, 3.05) is 6.54 Å². The van der Waals surface area contributed by atoms with Crippen LogP contribution in [0.25, 0.3) is 0 Å². The van der Waals surface area contributed by atoms with Crippen molar-refractivity contribution < 1.29 is 4.79 Å². The van der Waals surface area contributed by atoms with Crippen molar-refractivity contribution in [1.29, 1.82) is 0 Å². The van der Waals surface area contributed by atoms with Gasteiger partial charge in [-0.25, -0.2) is 0 Å². The van der Waals surface area contributed by atoms with E-state index in [9.17, 15) is 4.79 Å². The summed E-state index contributed by atoms with van der Waals surface area (Å²) in [5.74, 6) is -0.0338. The van der Waals surface area contributed by atoms with Crippen molar-refractivity contribution in [3.05, 3.63) is 0 Å². The molecule has 1 aliphatic carbocycles. The third-order valence-electron chi connectivity index (χ3n) is 3.11. The van der Waals surface area contributed by atoms with Crippen LogP contribution in [0.5, 0.6) is 0 Å². The summed E-state index contributed by atoms with van der Waals surface area (Å²) in [5.41, 5.74) is 5.94. The summed E-state index contributed by atoms with van der Waals surface area (Å²) < 4.78 is 0. The lowest BCUT2D eigenvalue weighted by Crippen LogP contribution is -2.47. The van der Waals surface area contributed by atoms with Gasteiger partial charge in [0.15, 0.2) is 0 Å². The normalized spacial score (nSPS) is 23.3. The highest BCUT2D eigenvalue weighted by Crippen LogP contribution is 2.45. The second-order valence-electron chi connectivity index (χ2n) is 6.38. The molecule has 3 N–H and O–H groups in total. The molecule has 1 saturated carbocycles. The summed E-state index contributed by atoms with van der Waals surface area (Å²) in [7, 11) is 0. The number of nitrogens with one attached hydrogen (secondary N) is 1. The number of halogens is 1. The quantitative estimate of drug-likeness (QED) is 0.786. The lowest BCUT2D eigenvalue weighted by Gasteiger charge is -2.45. The average molecular weight is 249 g/mol. The molecule has 0 saturated heterocycles. The minimum atomic E-state index is -0.0338. The fraction of sp³-hybridized carbons (Fsp3) is 0.917. The van der Waals surface area contributed by atoms with Crippen molar-refractivity contribution in [3.8, 4) is 0 Å². The van der Waals surface area contributed by atoms with E-state index in [-0.39, 0.29) is 24.9 Å². The molecule has 1 fully saturated rings. The van der Waals surface area contributed by atoms with E-state index >= 15 is 0 Å². The fourth-order valence-corrected chi connectivity index (χ4v) is 3.23. The third-order valence-corrected chi connectivity index (χ3v) is 3.11. The molecule has 1 amide bonds. The van der Waals surface area contributed by atoms with Crippen molar-refractivity contribution in [2.45, 2.75) is 53.0 Å². The monoisotopic (exact) mass is 248 g/mol. The Balaban J connectivity index is 0.00000225. The molecule has 0 heterocycles. The Morgan fingerprint density at radius 2 is 1.69 bits per heavy atom. The van der Waals surface area contributed by atoms with E-state index < -0.39 is 0 Å². The van der Waals surface area contributed by atoms with Crippen molar-refractivity contribution in [1.82, 2.24) is 5.32 Å². The molecule has 0 atom stereocenters. The Morgan fingerprint density at radius 3 is 2.06 bits per heavy atom. The van der Waals surface area contributed by atoms with E-state index in [0.29, 0.717) is 16.9 Å². The van der Waals surface area contributed by atoms with Gasteiger partial charge >= 0.3 is 0 Å². The molecular formula is C12H25ClN2O. The van der Waals surface area contributed by atoms with Gasteiger partial charge in [-0.05, 0) is 30.1 Å². The zero-order valence-electron chi connectivity index (χ0n) is 10.8. The van der Waals surface area contributed by atoms with Gasteiger partial charge in [-0.2, -0.15) is 0 Å². The lowest BCUT2D eigenvalue weighted by atomic mass is 9.63. The smallest absolute Gasteiger partial charge is 0.233 e. The SMILES string of the molecule is CC1(C)CC(NC(=O)CN)CC(C)(C)C1.Cl. The molecule has 1 rings (SSSR count). The maximum absolute atomic E-state index is 11.3. The average Bonchev–Trinajstić information content (AvgIpc) is 1.97. The molecule has 4 heteroatoms. The van der Waals surface area contributed by atoms with E-state index in [1.54, 1.807) is 0 Å². The van der Waals surface area contributed by atoms with Crippen LogP contribution in [-0.4, -0.2) is 18.5 Å². The highest BCUT2D eigenvalue weighted by Gasteiger charge is 2.38. The largest absolute Gasteiger partial charge is 0.352 e. The Bertz CT molecular complexity index is 235. The highest BCUT2D eigenvalue weighted by atomic mass is 35.5. The first-order valence-corrected chi connectivity index (χ1v) is 5.74. The topological polar surface area (TPSA) is 55.1 Å². The summed E-state index contributed by atoms with van der Waals surface area (Å²) in [6.45, 7) is 9.19. The molecule has 0 aromatic heterocycles. The summed E-state index contributed by atoms with van der Waals surface area (Å²) >= 11 is 0. The third kappa shape index (κ3) is 4.71. The molecule has 0 aromatic rings. The van der Waals surface area contributed by atoms with Gasteiger partial charge in [0, 0.05) is 6.04 Å². The van der Waals surface area contributed by atoms with Crippen LogP contribution in [-0.2, 0) is 4.79 Å². The molecule has 0 aromatic carbocycles. The summed E-state index contributed by atoms with van der Waals surface area (Å²) in [4.78, 5) is 11.3. The predicted molar refractivity (Wildman–Crippen MR) is 69.6 cm³/mol. The number of nitrogens with two attached hydrogens (primary N) is 1. The molecule has 0 spiro atoms. The van der Waals surface area contributed by atoms with Crippen LogP contribution in [0.2, 0.25) is 0 Å². The number of carbonyl (C=O) groups is 1. The summed E-state index contributed by atoms with van der Waals surface area (Å²) in [6, 6.07) is 0.291. The summed E-state index contributed by atoms with van der Waals surface area (Å²) in [6.07, 6.45) is 3.33. The number of amides is 1. The predicted octanol–water partition coefficient (Wildman–Crippen LogP) is 2.09. The number of hydrogen-bond donors (Lipinski definition) is 2. The van der Waals surface area contributed by atoms with E-state index in [4.69, 9.17) is 5.73 Å². The van der Waals surface area contributed by atoms with Gasteiger partial charge in [-0.15, -0.1) is 12.4 Å².